The molecule has 0 atom stereocenters. The van der Waals surface area contributed by atoms with Crippen molar-refractivity contribution < 1.29 is 0 Å². The molecule has 0 aliphatic carbocycles. The Labute approximate surface area is 64.0 Å². The van der Waals surface area contributed by atoms with Crippen molar-refractivity contribution in [1.29, 1.82) is 0 Å². The maximum Gasteiger partial charge on any atom is 0.234 e. The van der Waals surface area contributed by atoms with Crippen molar-refractivity contribution in [2.24, 2.45) is 0 Å². The van der Waals surface area contributed by atoms with E-state index in [1.165, 1.54) is 0 Å². The summed E-state index contributed by atoms with van der Waals surface area (Å²) >= 11 is 0. The van der Waals surface area contributed by atoms with Crippen molar-refractivity contribution in [1.82, 2.24) is 14.4 Å². The summed E-state index contributed by atoms with van der Waals surface area (Å²) in [6, 6.07) is 1.86. The molecule has 0 unspecified atom stereocenters. The zero-order valence-electron chi connectivity index (χ0n) is 5.94. The van der Waals surface area contributed by atoms with Gasteiger partial charge in [0.25, 0.3) is 0 Å². The molecule has 0 spiro atoms. The standard InChI is InChI=1S/C8H7N3/c1-2-7-6-11-5-3-4-9-8(11)10-7/h2-6H,1H2. The minimum atomic E-state index is 0.711. The average molecular weight is 145 g/mol. The highest BCUT2D eigenvalue weighted by molar-refractivity contribution is 5.45. The van der Waals surface area contributed by atoms with Gasteiger partial charge in [-0.1, -0.05) is 6.58 Å². The van der Waals surface area contributed by atoms with Crippen LogP contribution in [0.1, 0.15) is 5.69 Å². The van der Waals surface area contributed by atoms with E-state index in [1.807, 2.05) is 22.9 Å². The molecule has 3 nitrogen and oxygen atoms in total. The van der Waals surface area contributed by atoms with Gasteiger partial charge in [-0.05, 0) is 12.1 Å². The van der Waals surface area contributed by atoms with E-state index in [-0.39, 0.29) is 0 Å². The predicted octanol–water partition coefficient (Wildman–Crippen LogP) is 1.37. The lowest BCUT2D eigenvalue weighted by molar-refractivity contribution is 1.11. The van der Waals surface area contributed by atoms with Crippen molar-refractivity contribution in [3.05, 3.63) is 36.9 Å². The molecule has 54 valence electrons. The zero-order valence-corrected chi connectivity index (χ0v) is 5.94. The fourth-order valence-corrected chi connectivity index (χ4v) is 0.947. The average Bonchev–Trinajstić information content (AvgIpc) is 2.46. The first kappa shape index (κ1) is 6.09. The Morgan fingerprint density at radius 2 is 2.45 bits per heavy atom. The molecule has 0 aromatic carbocycles. The molecule has 0 aliphatic rings. The maximum atomic E-state index is 4.16. The van der Waals surface area contributed by atoms with E-state index in [1.54, 1.807) is 12.3 Å². The smallest absolute Gasteiger partial charge is 0.234 e. The monoisotopic (exact) mass is 145 g/mol. The third kappa shape index (κ3) is 0.902. The number of aromatic nitrogens is 3. The third-order valence-electron chi connectivity index (χ3n) is 1.46. The molecular formula is C8H7N3. The molecule has 2 aromatic rings. The quantitative estimate of drug-likeness (QED) is 0.606. The first-order chi connectivity index (χ1) is 5.40. The van der Waals surface area contributed by atoms with E-state index >= 15 is 0 Å². The van der Waals surface area contributed by atoms with E-state index in [2.05, 4.69) is 16.5 Å². The van der Waals surface area contributed by atoms with E-state index in [4.69, 9.17) is 0 Å². The van der Waals surface area contributed by atoms with Crippen molar-refractivity contribution in [2.75, 3.05) is 0 Å². The van der Waals surface area contributed by atoms with Crippen molar-refractivity contribution in [2.45, 2.75) is 0 Å². The summed E-state index contributed by atoms with van der Waals surface area (Å²) in [5.74, 6) is 0.711. The van der Waals surface area contributed by atoms with E-state index < -0.39 is 0 Å². The SMILES string of the molecule is C=Cc1cn2cccnc2n1. The lowest BCUT2D eigenvalue weighted by Crippen LogP contribution is -1.82. The van der Waals surface area contributed by atoms with Gasteiger partial charge in [0.1, 0.15) is 0 Å². The van der Waals surface area contributed by atoms with Gasteiger partial charge in [0.15, 0.2) is 0 Å². The second kappa shape index (κ2) is 2.20. The molecule has 0 fully saturated rings. The Morgan fingerprint density at radius 3 is 3.18 bits per heavy atom. The van der Waals surface area contributed by atoms with Gasteiger partial charge < -0.3 is 0 Å². The third-order valence-corrected chi connectivity index (χ3v) is 1.46. The van der Waals surface area contributed by atoms with Crippen LogP contribution in [0.4, 0.5) is 0 Å². The van der Waals surface area contributed by atoms with Crippen molar-refractivity contribution >= 4 is 11.9 Å². The molecule has 2 aromatic heterocycles. The van der Waals surface area contributed by atoms with Gasteiger partial charge >= 0.3 is 0 Å². The molecule has 0 bridgehead atoms. The Bertz CT molecular complexity index is 356. The first-order valence-corrected chi connectivity index (χ1v) is 3.32. The predicted molar refractivity (Wildman–Crippen MR) is 43.1 cm³/mol. The highest BCUT2D eigenvalue weighted by atomic mass is 15.1. The first-order valence-electron chi connectivity index (χ1n) is 3.32. The second-order valence-electron chi connectivity index (χ2n) is 2.20. The van der Waals surface area contributed by atoms with Crippen LogP contribution < -0.4 is 0 Å². The number of imidazole rings is 1. The summed E-state index contributed by atoms with van der Waals surface area (Å²) in [6.45, 7) is 3.62. The van der Waals surface area contributed by atoms with Crippen LogP contribution in [0.3, 0.4) is 0 Å². The highest BCUT2D eigenvalue weighted by Crippen LogP contribution is 2.01. The van der Waals surface area contributed by atoms with Gasteiger partial charge in [-0.15, -0.1) is 0 Å². The largest absolute Gasteiger partial charge is 0.291 e. The molecule has 3 heteroatoms. The Morgan fingerprint density at radius 1 is 1.55 bits per heavy atom. The number of nitrogens with zero attached hydrogens (tertiary/aromatic N) is 3. The van der Waals surface area contributed by atoms with Crippen LogP contribution in [0, 0.1) is 0 Å². The van der Waals surface area contributed by atoms with Crippen LogP contribution in [0.25, 0.3) is 11.9 Å². The number of rotatable bonds is 1. The summed E-state index contributed by atoms with van der Waals surface area (Å²) in [7, 11) is 0. The number of hydrogen-bond acceptors (Lipinski definition) is 2. The molecule has 0 radical (unpaired) electrons. The summed E-state index contributed by atoms with van der Waals surface area (Å²) in [4.78, 5) is 8.22. The summed E-state index contributed by atoms with van der Waals surface area (Å²) in [6.07, 6.45) is 7.21. The minimum Gasteiger partial charge on any atom is -0.291 e. The number of fused-ring (bicyclic) bond motifs is 1. The van der Waals surface area contributed by atoms with E-state index in [0.29, 0.717) is 5.78 Å². The molecule has 0 saturated carbocycles. The van der Waals surface area contributed by atoms with E-state index in [0.717, 1.165) is 5.69 Å². The fraction of sp³-hybridized carbons (Fsp3) is 0. The van der Waals surface area contributed by atoms with Crippen LogP contribution in [0.2, 0.25) is 0 Å². The van der Waals surface area contributed by atoms with Crippen LogP contribution >= 0.6 is 0 Å². The lowest BCUT2D eigenvalue weighted by Gasteiger charge is -1.85. The maximum absolute atomic E-state index is 4.16. The molecule has 0 aliphatic heterocycles. The topological polar surface area (TPSA) is 30.2 Å². The van der Waals surface area contributed by atoms with Crippen LogP contribution in [-0.4, -0.2) is 14.4 Å². The van der Waals surface area contributed by atoms with Gasteiger partial charge in [-0.25, -0.2) is 9.97 Å². The second-order valence-corrected chi connectivity index (χ2v) is 2.20. The molecule has 2 rings (SSSR count). The van der Waals surface area contributed by atoms with Crippen molar-refractivity contribution in [3.8, 4) is 0 Å². The molecule has 0 amide bonds. The normalized spacial score (nSPS) is 10.2. The molecule has 0 saturated heterocycles. The minimum absolute atomic E-state index is 0.711. The Hall–Kier alpha value is -1.64. The summed E-state index contributed by atoms with van der Waals surface area (Å²) < 4.78 is 1.86. The highest BCUT2D eigenvalue weighted by Gasteiger charge is 1.95. The molecule has 11 heavy (non-hydrogen) atoms. The van der Waals surface area contributed by atoms with Crippen molar-refractivity contribution in [3.63, 3.8) is 0 Å². The lowest BCUT2D eigenvalue weighted by atomic mass is 10.5. The summed E-state index contributed by atoms with van der Waals surface area (Å²) in [5, 5.41) is 0. The van der Waals surface area contributed by atoms with Gasteiger partial charge in [0, 0.05) is 18.6 Å². The van der Waals surface area contributed by atoms with Crippen LogP contribution in [0.5, 0.6) is 0 Å². The van der Waals surface area contributed by atoms with Gasteiger partial charge in [-0.2, -0.15) is 0 Å². The molecular weight excluding hydrogens is 138 g/mol. The van der Waals surface area contributed by atoms with E-state index in [9.17, 15) is 0 Å². The van der Waals surface area contributed by atoms with Crippen LogP contribution in [-0.2, 0) is 0 Å². The zero-order chi connectivity index (χ0) is 7.68. The van der Waals surface area contributed by atoms with Gasteiger partial charge in [0.2, 0.25) is 5.78 Å². The number of hydrogen-bond donors (Lipinski definition) is 0. The van der Waals surface area contributed by atoms with Crippen LogP contribution in [0.15, 0.2) is 31.2 Å². The van der Waals surface area contributed by atoms with Gasteiger partial charge in [0.05, 0.1) is 5.69 Å². The molecule has 2 heterocycles. The summed E-state index contributed by atoms with van der Waals surface area (Å²) in [5.41, 5.74) is 0.851. The van der Waals surface area contributed by atoms with Gasteiger partial charge in [-0.3, -0.25) is 4.40 Å². The fourth-order valence-electron chi connectivity index (χ4n) is 0.947. The Balaban J connectivity index is 2.78. The Kier molecular flexibility index (Phi) is 1.22. The molecule has 0 N–H and O–H groups in total.